The van der Waals surface area contributed by atoms with Gasteiger partial charge in [-0.1, -0.05) is 0 Å². The fourth-order valence-electron chi connectivity index (χ4n) is 1.35. The molecule has 0 saturated heterocycles. The predicted octanol–water partition coefficient (Wildman–Crippen LogP) is -0.144. The number of nitrogens with one attached hydrogen (secondary N) is 1. The summed E-state index contributed by atoms with van der Waals surface area (Å²) >= 11 is 0. The molecule has 1 heterocycles. The maximum absolute atomic E-state index is 5.42. The largest absolute Gasteiger partial charge is 0.378 e. The number of rotatable bonds is 12. The predicted molar refractivity (Wildman–Crippen MR) is 71.1 cm³/mol. The summed E-state index contributed by atoms with van der Waals surface area (Å²) in [4.78, 5) is 1.63. The van der Waals surface area contributed by atoms with Gasteiger partial charge in [0.2, 0.25) is 0 Å². The highest BCUT2D eigenvalue weighted by Gasteiger charge is 1.96. The van der Waals surface area contributed by atoms with Gasteiger partial charge in [0.1, 0.15) is 0 Å². The summed E-state index contributed by atoms with van der Waals surface area (Å²) in [5.41, 5.74) is 0.918. The molecule has 0 radical (unpaired) electrons. The minimum absolute atomic E-state index is 0.580. The molecule has 0 bridgehead atoms. The maximum Gasteiger partial charge on any atom is 0.0841 e. The number of likely N-dealkylation sites (N-methyl/N-ethyl adjacent to an activating group) is 1. The molecule has 0 fully saturated rings. The number of aryl methyl sites for hydroxylation is 1. The Bertz CT molecular complexity index is 320. The van der Waals surface area contributed by atoms with E-state index >= 15 is 0 Å². The van der Waals surface area contributed by atoms with Gasteiger partial charge in [0.05, 0.1) is 58.1 Å². The topological polar surface area (TPSA) is 70.4 Å². The van der Waals surface area contributed by atoms with E-state index in [9.17, 15) is 0 Å². The highest BCUT2D eigenvalue weighted by atomic mass is 16.5. The molecule has 19 heavy (non-hydrogen) atoms. The summed E-state index contributed by atoms with van der Waals surface area (Å²) in [5, 5.41) is 11.2. The Morgan fingerprint density at radius 2 is 1.68 bits per heavy atom. The van der Waals surface area contributed by atoms with Crippen LogP contribution in [0.2, 0.25) is 0 Å². The maximum atomic E-state index is 5.42. The molecule has 0 unspecified atom stereocenters. The molecule has 1 rings (SSSR count). The molecular formula is C12H24N4O3. The molecule has 0 amide bonds. The number of ether oxygens (including phenoxy) is 3. The monoisotopic (exact) mass is 272 g/mol. The third-order valence-electron chi connectivity index (χ3n) is 2.33. The van der Waals surface area contributed by atoms with Crippen molar-refractivity contribution in [2.45, 2.75) is 13.5 Å². The summed E-state index contributed by atoms with van der Waals surface area (Å²) < 4.78 is 16.1. The van der Waals surface area contributed by atoms with Crippen molar-refractivity contribution < 1.29 is 14.2 Å². The van der Waals surface area contributed by atoms with Crippen LogP contribution in [-0.4, -0.2) is 68.2 Å². The van der Waals surface area contributed by atoms with Crippen LogP contribution < -0.4 is 5.32 Å². The lowest BCUT2D eigenvalue weighted by Crippen LogP contribution is -2.17. The van der Waals surface area contributed by atoms with Crippen LogP contribution in [-0.2, 0) is 20.8 Å². The second-order valence-corrected chi connectivity index (χ2v) is 4.02. The molecule has 1 aromatic heterocycles. The quantitative estimate of drug-likeness (QED) is 0.534. The second-order valence-electron chi connectivity index (χ2n) is 4.02. The molecule has 0 aliphatic heterocycles. The van der Waals surface area contributed by atoms with Crippen molar-refractivity contribution in [3.63, 3.8) is 0 Å². The molecule has 1 aromatic rings. The van der Waals surface area contributed by atoms with Gasteiger partial charge < -0.3 is 19.5 Å². The van der Waals surface area contributed by atoms with Gasteiger partial charge in [-0.3, -0.25) is 0 Å². The third kappa shape index (κ3) is 8.66. The minimum Gasteiger partial charge on any atom is -0.378 e. The van der Waals surface area contributed by atoms with E-state index in [-0.39, 0.29) is 0 Å². The minimum atomic E-state index is 0.580. The first-order valence-electron chi connectivity index (χ1n) is 6.57. The van der Waals surface area contributed by atoms with Gasteiger partial charge in [0, 0.05) is 6.54 Å². The highest BCUT2D eigenvalue weighted by Crippen LogP contribution is 1.88. The van der Waals surface area contributed by atoms with E-state index in [1.54, 1.807) is 11.0 Å². The van der Waals surface area contributed by atoms with Crippen LogP contribution in [0.1, 0.15) is 5.69 Å². The first-order chi connectivity index (χ1) is 9.33. The van der Waals surface area contributed by atoms with Crippen molar-refractivity contribution >= 4 is 0 Å². The lowest BCUT2D eigenvalue weighted by Gasteiger charge is -2.06. The summed E-state index contributed by atoms with van der Waals surface area (Å²) in [7, 11) is 1.90. The average Bonchev–Trinajstić information content (AvgIpc) is 2.82. The Morgan fingerprint density at radius 1 is 1.05 bits per heavy atom. The summed E-state index contributed by atoms with van der Waals surface area (Å²) in [6.07, 6.45) is 1.73. The van der Waals surface area contributed by atoms with Crippen molar-refractivity contribution in [2.75, 3.05) is 53.2 Å². The standard InChI is InChI=1S/C12H24N4O3/c1-12-11-14-16(15-12)4-6-18-8-10-19-9-7-17-5-3-13-2/h11,13H,3-10H2,1-2H3. The third-order valence-corrected chi connectivity index (χ3v) is 2.33. The Hall–Kier alpha value is -1.02. The molecule has 0 aliphatic carbocycles. The van der Waals surface area contributed by atoms with Gasteiger partial charge in [-0.2, -0.15) is 15.0 Å². The van der Waals surface area contributed by atoms with E-state index in [0.717, 1.165) is 12.2 Å². The molecule has 7 nitrogen and oxygen atoms in total. The molecule has 0 saturated carbocycles. The van der Waals surface area contributed by atoms with Crippen LogP contribution in [0.15, 0.2) is 6.20 Å². The van der Waals surface area contributed by atoms with Gasteiger partial charge in [0.15, 0.2) is 0 Å². The average molecular weight is 272 g/mol. The number of hydrogen-bond donors (Lipinski definition) is 1. The Morgan fingerprint density at radius 3 is 2.26 bits per heavy atom. The van der Waals surface area contributed by atoms with E-state index < -0.39 is 0 Å². The molecule has 1 N–H and O–H groups in total. The fraction of sp³-hybridized carbons (Fsp3) is 0.833. The lowest BCUT2D eigenvalue weighted by atomic mass is 10.6. The normalized spacial score (nSPS) is 11.1. The number of aromatic nitrogens is 3. The SMILES string of the molecule is CNCCOCCOCCOCCn1ncc(C)n1. The van der Waals surface area contributed by atoms with Gasteiger partial charge in [0.25, 0.3) is 0 Å². The van der Waals surface area contributed by atoms with E-state index in [0.29, 0.717) is 46.2 Å². The van der Waals surface area contributed by atoms with Crippen molar-refractivity contribution in [1.29, 1.82) is 0 Å². The summed E-state index contributed by atoms with van der Waals surface area (Å²) in [5.74, 6) is 0. The number of hydrogen-bond acceptors (Lipinski definition) is 6. The van der Waals surface area contributed by atoms with E-state index in [1.807, 2.05) is 14.0 Å². The van der Waals surface area contributed by atoms with Crippen molar-refractivity contribution in [3.05, 3.63) is 11.9 Å². The molecule has 0 atom stereocenters. The smallest absolute Gasteiger partial charge is 0.0841 e. The summed E-state index contributed by atoms with van der Waals surface area (Å²) in [6.45, 7) is 7.15. The Balaban J connectivity index is 1.79. The van der Waals surface area contributed by atoms with Crippen LogP contribution in [0.3, 0.4) is 0 Å². The van der Waals surface area contributed by atoms with Gasteiger partial charge in [-0.25, -0.2) is 0 Å². The molecule has 110 valence electrons. The lowest BCUT2D eigenvalue weighted by molar-refractivity contribution is 0.0130. The molecule has 0 aliphatic rings. The zero-order valence-corrected chi connectivity index (χ0v) is 11.8. The zero-order chi connectivity index (χ0) is 13.8. The van der Waals surface area contributed by atoms with Crippen LogP contribution >= 0.6 is 0 Å². The van der Waals surface area contributed by atoms with Gasteiger partial charge in [-0.15, -0.1) is 0 Å². The van der Waals surface area contributed by atoms with Crippen molar-refractivity contribution in [2.24, 2.45) is 0 Å². The van der Waals surface area contributed by atoms with Crippen molar-refractivity contribution in [1.82, 2.24) is 20.3 Å². The van der Waals surface area contributed by atoms with Crippen LogP contribution in [0.25, 0.3) is 0 Å². The Kier molecular flexibility index (Phi) is 9.17. The van der Waals surface area contributed by atoms with Crippen LogP contribution in [0.5, 0.6) is 0 Å². The van der Waals surface area contributed by atoms with Gasteiger partial charge in [-0.05, 0) is 14.0 Å². The van der Waals surface area contributed by atoms with Crippen molar-refractivity contribution in [3.8, 4) is 0 Å². The molecule has 7 heteroatoms. The molecular weight excluding hydrogens is 248 g/mol. The van der Waals surface area contributed by atoms with E-state index in [1.165, 1.54) is 0 Å². The Labute approximate surface area is 114 Å². The first-order valence-corrected chi connectivity index (χ1v) is 6.57. The number of nitrogens with zero attached hydrogens (tertiary/aromatic N) is 3. The molecule has 0 spiro atoms. The van der Waals surface area contributed by atoms with Crippen LogP contribution in [0.4, 0.5) is 0 Å². The molecule has 0 aromatic carbocycles. The second kappa shape index (κ2) is 10.9. The van der Waals surface area contributed by atoms with Crippen LogP contribution in [0, 0.1) is 6.92 Å². The summed E-state index contributed by atoms with van der Waals surface area (Å²) in [6, 6.07) is 0. The van der Waals surface area contributed by atoms with E-state index in [4.69, 9.17) is 14.2 Å². The van der Waals surface area contributed by atoms with Gasteiger partial charge >= 0.3 is 0 Å². The zero-order valence-electron chi connectivity index (χ0n) is 11.8. The fourth-order valence-corrected chi connectivity index (χ4v) is 1.35. The van der Waals surface area contributed by atoms with E-state index in [2.05, 4.69) is 15.5 Å². The first kappa shape index (κ1) is 16.0. The highest BCUT2D eigenvalue weighted by molar-refractivity contribution is 4.84.